The fourth-order valence-corrected chi connectivity index (χ4v) is 3.55. The predicted molar refractivity (Wildman–Crippen MR) is 83.0 cm³/mol. The lowest BCUT2D eigenvalue weighted by Crippen LogP contribution is -2.48. The van der Waals surface area contributed by atoms with Gasteiger partial charge >= 0.3 is 0 Å². The maximum atomic E-state index is 6.51. The molecule has 1 aliphatic heterocycles. The maximum Gasteiger partial charge on any atom is 0.0809 e. The van der Waals surface area contributed by atoms with E-state index in [1.54, 1.807) is 0 Å². The largest absolute Gasteiger partial charge is 0.381 e. The second-order valence-corrected chi connectivity index (χ2v) is 7.29. The zero-order chi connectivity index (χ0) is 14.4. The van der Waals surface area contributed by atoms with Crippen molar-refractivity contribution in [2.75, 3.05) is 26.4 Å². The highest BCUT2D eigenvalue weighted by Crippen LogP contribution is 2.35. The maximum absolute atomic E-state index is 6.51. The van der Waals surface area contributed by atoms with Gasteiger partial charge in [0.1, 0.15) is 0 Å². The van der Waals surface area contributed by atoms with Gasteiger partial charge < -0.3 is 14.8 Å². The Labute approximate surface area is 124 Å². The van der Waals surface area contributed by atoms with Crippen LogP contribution in [-0.4, -0.2) is 38.0 Å². The van der Waals surface area contributed by atoms with Gasteiger partial charge in [0.05, 0.1) is 12.2 Å². The van der Waals surface area contributed by atoms with Gasteiger partial charge in [-0.25, -0.2) is 0 Å². The number of hydrogen-bond acceptors (Lipinski definition) is 3. The lowest BCUT2D eigenvalue weighted by Gasteiger charge is -2.42. The van der Waals surface area contributed by atoms with Gasteiger partial charge in [-0.2, -0.15) is 0 Å². The SMILES string of the molecule is CC1CCCC(CNC(C)C)(OCC2CCOCC2)C1. The number of rotatable bonds is 6. The van der Waals surface area contributed by atoms with Crippen LogP contribution >= 0.6 is 0 Å². The molecule has 3 heteroatoms. The van der Waals surface area contributed by atoms with Crippen LogP contribution < -0.4 is 5.32 Å². The summed E-state index contributed by atoms with van der Waals surface area (Å²) < 4.78 is 12.0. The number of hydrogen-bond donors (Lipinski definition) is 1. The molecule has 0 spiro atoms. The minimum Gasteiger partial charge on any atom is -0.381 e. The topological polar surface area (TPSA) is 30.5 Å². The van der Waals surface area contributed by atoms with Gasteiger partial charge in [-0.1, -0.05) is 33.6 Å². The molecule has 2 unspecified atom stereocenters. The summed E-state index contributed by atoms with van der Waals surface area (Å²) in [5.74, 6) is 1.50. The first-order valence-electron chi connectivity index (χ1n) is 8.55. The number of nitrogens with one attached hydrogen (secondary N) is 1. The van der Waals surface area contributed by atoms with Crippen molar-refractivity contribution in [1.29, 1.82) is 0 Å². The van der Waals surface area contributed by atoms with Gasteiger partial charge in [-0.15, -0.1) is 0 Å². The molecule has 2 aliphatic rings. The summed E-state index contributed by atoms with van der Waals surface area (Å²) in [7, 11) is 0. The molecule has 0 bridgehead atoms. The van der Waals surface area contributed by atoms with Gasteiger partial charge in [0, 0.05) is 25.8 Å². The van der Waals surface area contributed by atoms with Crippen molar-refractivity contribution in [2.24, 2.45) is 11.8 Å². The van der Waals surface area contributed by atoms with Crippen LogP contribution in [0.15, 0.2) is 0 Å². The minimum absolute atomic E-state index is 0.0836. The van der Waals surface area contributed by atoms with Gasteiger partial charge in [0.25, 0.3) is 0 Å². The van der Waals surface area contributed by atoms with Crippen molar-refractivity contribution >= 4 is 0 Å². The summed E-state index contributed by atoms with van der Waals surface area (Å²) in [5, 5.41) is 3.61. The van der Waals surface area contributed by atoms with Crippen molar-refractivity contribution in [3.63, 3.8) is 0 Å². The van der Waals surface area contributed by atoms with E-state index >= 15 is 0 Å². The Morgan fingerprint density at radius 1 is 1.25 bits per heavy atom. The molecule has 0 radical (unpaired) electrons. The number of ether oxygens (including phenoxy) is 2. The van der Waals surface area contributed by atoms with E-state index in [-0.39, 0.29) is 5.60 Å². The Morgan fingerprint density at radius 3 is 2.65 bits per heavy atom. The molecule has 0 amide bonds. The summed E-state index contributed by atoms with van der Waals surface area (Å²) in [5.41, 5.74) is 0.0836. The van der Waals surface area contributed by atoms with Crippen LogP contribution in [0.5, 0.6) is 0 Å². The average molecular weight is 283 g/mol. The summed E-state index contributed by atoms with van der Waals surface area (Å²) in [6.07, 6.45) is 7.46. The molecule has 2 atom stereocenters. The highest BCUT2D eigenvalue weighted by atomic mass is 16.5. The van der Waals surface area contributed by atoms with E-state index in [2.05, 4.69) is 26.1 Å². The van der Waals surface area contributed by atoms with Crippen molar-refractivity contribution in [3.8, 4) is 0 Å². The molecule has 2 rings (SSSR count). The van der Waals surface area contributed by atoms with E-state index in [0.717, 1.165) is 32.3 Å². The summed E-state index contributed by atoms with van der Waals surface area (Å²) in [4.78, 5) is 0. The lowest BCUT2D eigenvalue weighted by atomic mass is 9.78. The fourth-order valence-electron chi connectivity index (χ4n) is 3.55. The monoisotopic (exact) mass is 283 g/mol. The summed E-state index contributed by atoms with van der Waals surface area (Å²) >= 11 is 0. The van der Waals surface area contributed by atoms with E-state index in [1.165, 1.54) is 38.5 Å². The van der Waals surface area contributed by atoms with Crippen LogP contribution in [-0.2, 0) is 9.47 Å². The highest BCUT2D eigenvalue weighted by molar-refractivity contribution is 4.90. The molecule has 2 fully saturated rings. The second-order valence-electron chi connectivity index (χ2n) is 7.29. The molecule has 0 aromatic rings. The molecule has 118 valence electrons. The standard InChI is InChI=1S/C17H33NO2/c1-14(2)18-13-17(8-4-5-15(3)11-17)20-12-16-6-9-19-10-7-16/h14-16,18H,4-13H2,1-3H3. The minimum atomic E-state index is 0.0836. The Kier molecular flexibility index (Phi) is 6.31. The van der Waals surface area contributed by atoms with Crippen LogP contribution in [0.2, 0.25) is 0 Å². The van der Waals surface area contributed by atoms with Crippen molar-refractivity contribution in [3.05, 3.63) is 0 Å². The molecular formula is C17H33NO2. The average Bonchev–Trinajstić information content (AvgIpc) is 2.44. The molecule has 20 heavy (non-hydrogen) atoms. The first kappa shape index (κ1) is 16.3. The first-order valence-corrected chi connectivity index (χ1v) is 8.55. The Balaban J connectivity index is 1.87. The molecule has 1 aliphatic carbocycles. The molecule has 1 N–H and O–H groups in total. The van der Waals surface area contributed by atoms with E-state index < -0.39 is 0 Å². The molecule has 3 nitrogen and oxygen atoms in total. The second kappa shape index (κ2) is 7.77. The predicted octanol–water partition coefficient (Wildman–Crippen LogP) is 3.38. The van der Waals surface area contributed by atoms with Crippen LogP contribution in [0.4, 0.5) is 0 Å². The van der Waals surface area contributed by atoms with Crippen LogP contribution in [0, 0.1) is 11.8 Å². The van der Waals surface area contributed by atoms with Gasteiger partial charge in [-0.05, 0) is 37.5 Å². The van der Waals surface area contributed by atoms with Gasteiger partial charge in [0.15, 0.2) is 0 Å². The quantitative estimate of drug-likeness (QED) is 0.810. The molecule has 0 aromatic heterocycles. The Hall–Kier alpha value is -0.120. The van der Waals surface area contributed by atoms with Crippen molar-refractivity contribution in [2.45, 2.75) is 70.9 Å². The smallest absolute Gasteiger partial charge is 0.0809 e. The fraction of sp³-hybridized carbons (Fsp3) is 1.00. The molecular weight excluding hydrogens is 250 g/mol. The first-order chi connectivity index (χ1) is 9.60. The molecule has 1 saturated carbocycles. The normalized spacial score (nSPS) is 32.7. The van der Waals surface area contributed by atoms with Crippen LogP contribution in [0.3, 0.4) is 0 Å². The molecule has 0 aromatic carbocycles. The van der Waals surface area contributed by atoms with E-state index in [0.29, 0.717) is 12.0 Å². The van der Waals surface area contributed by atoms with Crippen LogP contribution in [0.1, 0.15) is 59.3 Å². The van der Waals surface area contributed by atoms with Crippen molar-refractivity contribution in [1.82, 2.24) is 5.32 Å². The Bertz CT molecular complexity index is 276. The summed E-state index contributed by atoms with van der Waals surface area (Å²) in [6.45, 7) is 10.6. The lowest BCUT2D eigenvalue weighted by molar-refractivity contribution is -0.102. The zero-order valence-electron chi connectivity index (χ0n) is 13.6. The third kappa shape index (κ3) is 5.01. The Morgan fingerprint density at radius 2 is 2.00 bits per heavy atom. The van der Waals surface area contributed by atoms with E-state index in [4.69, 9.17) is 9.47 Å². The van der Waals surface area contributed by atoms with E-state index in [1.807, 2.05) is 0 Å². The molecule has 1 saturated heterocycles. The van der Waals surface area contributed by atoms with Gasteiger partial charge in [0.2, 0.25) is 0 Å². The van der Waals surface area contributed by atoms with Gasteiger partial charge in [-0.3, -0.25) is 0 Å². The molecule has 1 heterocycles. The summed E-state index contributed by atoms with van der Waals surface area (Å²) in [6, 6.07) is 0.538. The third-order valence-electron chi connectivity index (χ3n) is 4.85. The van der Waals surface area contributed by atoms with Crippen LogP contribution in [0.25, 0.3) is 0 Å². The highest BCUT2D eigenvalue weighted by Gasteiger charge is 2.36. The third-order valence-corrected chi connectivity index (χ3v) is 4.85. The zero-order valence-corrected chi connectivity index (χ0v) is 13.6. The van der Waals surface area contributed by atoms with E-state index in [9.17, 15) is 0 Å². The van der Waals surface area contributed by atoms with Crippen molar-refractivity contribution < 1.29 is 9.47 Å².